The fourth-order valence-corrected chi connectivity index (χ4v) is 2.29. The lowest BCUT2D eigenvalue weighted by molar-refractivity contribution is -0.137. The van der Waals surface area contributed by atoms with E-state index in [1.54, 1.807) is 61.3 Å². The lowest BCUT2D eigenvalue weighted by Crippen LogP contribution is -2.37. The molecule has 0 aliphatic carbocycles. The lowest BCUT2D eigenvalue weighted by atomic mass is 10.1. The predicted molar refractivity (Wildman–Crippen MR) is 88.9 cm³/mol. The number of benzene rings is 2. The lowest BCUT2D eigenvalue weighted by Gasteiger charge is -2.22. The van der Waals surface area contributed by atoms with Gasteiger partial charge >= 0.3 is 0 Å². The number of rotatable bonds is 5. The summed E-state index contributed by atoms with van der Waals surface area (Å²) in [6, 6.07) is 17.9. The van der Waals surface area contributed by atoms with Crippen molar-refractivity contribution in [3.05, 3.63) is 65.2 Å². The molecule has 120 valence electrons. The van der Waals surface area contributed by atoms with Gasteiger partial charge in [0.25, 0.3) is 5.91 Å². The van der Waals surface area contributed by atoms with E-state index in [0.29, 0.717) is 23.4 Å². The van der Waals surface area contributed by atoms with Crippen molar-refractivity contribution in [2.24, 2.45) is 0 Å². The van der Waals surface area contributed by atoms with Crippen LogP contribution in [0, 0.1) is 22.7 Å². The topological polar surface area (TPSA) is 77.1 Å². The number of hydrogen-bond acceptors (Lipinski definition) is 4. The molecule has 1 amide bonds. The van der Waals surface area contributed by atoms with Gasteiger partial charge in [-0.1, -0.05) is 18.2 Å². The first-order chi connectivity index (χ1) is 11.5. The summed E-state index contributed by atoms with van der Waals surface area (Å²) in [7, 11) is 1.69. The summed E-state index contributed by atoms with van der Waals surface area (Å²) in [6.07, 6.45) is -0.678. The van der Waals surface area contributed by atoms with E-state index in [1.807, 2.05) is 12.1 Å². The van der Waals surface area contributed by atoms with Gasteiger partial charge in [0.2, 0.25) is 0 Å². The van der Waals surface area contributed by atoms with Crippen molar-refractivity contribution in [1.29, 1.82) is 10.5 Å². The van der Waals surface area contributed by atoms with E-state index in [1.165, 1.54) is 0 Å². The molecule has 0 N–H and O–H groups in total. The third-order valence-corrected chi connectivity index (χ3v) is 3.48. The number of nitriles is 2. The van der Waals surface area contributed by atoms with Gasteiger partial charge < -0.3 is 9.64 Å². The monoisotopic (exact) mass is 319 g/mol. The summed E-state index contributed by atoms with van der Waals surface area (Å²) in [6.45, 7) is 2.06. The third-order valence-electron chi connectivity index (χ3n) is 3.48. The van der Waals surface area contributed by atoms with Crippen molar-refractivity contribution in [2.75, 3.05) is 7.05 Å². The second-order valence-electron chi connectivity index (χ2n) is 5.41. The Morgan fingerprint density at radius 1 is 1.12 bits per heavy atom. The number of likely N-dealkylation sites (N-methyl/N-ethyl adjacent to an activating group) is 1. The normalized spacial score (nSPS) is 11.0. The van der Waals surface area contributed by atoms with E-state index in [-0.39, 0.29) is 5.91 Å². The molecule has 2 aromatic carbocycles. The molecule has 5 nitrogen and oxygen atoms in total. The number of ether oxygens (including phenoxy) is 1. The first kappa shape index (κ1) is 17.1. The van der Waals surface area contributed by atoms with Gasteiger partial charge in [-0.05, 0) is 42.8 Å². The Hall–Kier alpha value is -3.31. The van der Waals surface area contributed by atoms with Gasteiger partial charge in [0.05, 0.1) is 23.3 Å². The van der Waals surface area contributed by atoms with Gasteiger partial charge in [0.1, 0.15) is 5.75 Å². The number of carbonyl (C=O) groups excluding carboxylic acids is 1. The molecule has 0 saturated heterocycles. The number of carbonyl (C=O) groups is 1. The number of amides is 1. The van der Waals surface area contributed by atoms with Crippen molar-refractivity contribution >= 4 is 5.91 Å². The molecule has 0 aromatic heterocycles. The zero-order valence-corrected chi connectivity index (χ0v) is 13.6. The van der Waals surface area contributed by atoms with E-state index in [2.05, 4.69) is 6.07 Å². The van der Waals surface area contributed by atoms with Crippen LogP contribution in [-0.2, 0) is 11.3 Å². The summed E-state index contributed by atoms with van der Waals surface area (Å²) >= 11 is 0. The van der Waals surface area contributed by atoms with Gasteiger partial charge in [-0.15, -0.1) is 0 Å². The molecule has 0 aliphatic heterocycles. The number of nitrogens with zero attached hydrogens (tertiary/aromatic N) is 3. The standard InChI is InChI=1S/C19H17N3O2/c1-14(24-18-8-4-6-16(10-18)12-21)19(23)22(2)13-17-7-3-5-15(9-17)11-20/h3-10,14H,13H2,1-2H3. The van der Waals surface area contributed by atoms with Crippen LogP contribution in [0.4, 0.5) is 0 Å². The summed E-state index contributed by atoms with van der Waals surface area (Å²) in [5, 5.41) is 17.8. The van der Waals surface area contributed by atoms with E-state index < -0.39 is 6.10 Å². The SMILES string of the molecule is CC(Oc1cccc(C#N)c1)C(=O)N(C)Cc1cccc(C#N)c1. The van der Waals surface area contributed by atoms with Crippen LogP contribution in [-0.4, -0.2) is 24.0 Å². The van der Waals surface area contributed by atoms with Gasteiger partial charge in [0, 0.05) is 13.6 Å². The average molecular weight is 319 g/mol. The van der Waals surface area contributed by atoms with Gasteiger partial charge in [-0.25, -0.2) is 0 Å². The van der Waals surface area contributed by atoms with E-state index in [4.69, 9.17) is 15.3 Å². The molecule has 1 atom stereocenters. The third kappa shape index (κ3) is 4.34. The van der Waals surface area contributed by atoms with Crippen molar-refractivity contribution in [3.63, 3.8) is 0 Å². The zero-order chi connectivity index (χ0) is 17.5. The highest BCUT2D eigenvalue weighted by molar-refractivity contribution is 5.80. The highest BCUT2D eigenvalue weighted by Gasteiger charge is 2.19. The second kappa shape index (κ2) is 7.80. The molecule has 2 aromatic rings. The Labute approximate surface area is 141 Å². The predicted octanol–water partition coefficient (Wildman–Crippen LogP) is 2.86. The van der Waals surface area contributed by atoms with Crippen LogP contribution in [0.5, 0.6) is 5.75 Å². The Bertz CT molecular complexity index is 750. The van der Waals surface area contributed by atoms with Crippen LogP contribution in [0.2, 0.25) is 0 Å². The van der Waals surface area contributed by atoms with E-state index in [0.717, 1.165) is 5.56 Å². The summed E-state index contributed by atoms with van der Waals surface area (Å²) in [4.78, 5) is 14.0. The first-order valence-corrected chi connectivity index (χ1v) is 7.44. The molecule has 24 heavy (non-hydrogen) atoms. The van der Waals surface area contributed by atoms with Gasteiger partial charge in [-0.3, -0.25) is 4.79 Å². The quantitative estimate of drug-likeness (QED) is 0.849. The second-order valence-corrected chi connectivity index (χ2v) is 5.41. The fourth-order valence-electron chi connectivity index (χ4n) is 2.29. The zero-order valence-electron chi connectivity index (χ0n) is 13.6. The maximum atomic E-state index is 12.4. The highest BCUT2D eigenvalue weighted by Crippen LogP contribution is 2.16. The molecule has 2 rings (SSSR count). The van der Waals surface area contributed by atoms with Crippen LogP contribution < -0.4 is 4.74 Å². The molecule has 5 heteroatoms. The minimum atomic E-state index is -0.678. The molecular weight excluding hydrogens is 302 g/mol. The van der Waals surface area contributed by atoms with E-state index >= 15 is 0 Å². The van der Waals surface area contributed by atoms with E-state index in [9.17, 15) is 4.79 Å². The van der Waals surface area contributed by atoms with Crippen molar-refractivity contribution < 1.29 is 9.53 Å². The van der Waals surface area contributed by atoms with Crippen molar-refractivity contribution in [3.8, 4) is 17.9 Å². The van der Waals surface area contributed by atoms with Crippen LogP contribution in [0.3, 0.4) is 0 Å². The minimum Gasteiger partial charge on any atom is -0.481 e. The molecule has 0 bridgehead atoms. The Morgan fingerprint density at radius 2 is 1.75 bits per heavy atom. The summed E-state index contributed by atoms with van der Waals surface area (Å²) in [5.41, 5.74) is 1.92. The van der Waals surface area contributed by atoms with Crippen LogP contribution in [0.25, 0.3) is 0 Å². The molecule has 0 spiro atoms. The van der Waals surface area contributed by atoms with Gasteiger partial charge in [-0.2, -0.15) is 10.5 Å². The molecule has 0 saturated carbocycles. The highest BCUT2D eigenvalue weighted by atomic mass is 16.5. The summed E-state index contributed by atoms with van der Waals surface area (Å²) < 4.78 is 5.63. The maximum absolute atomic E-state index is 12.4. The Kier molecular flexibility index (Phi) is 5.54. The summed E-state index contributed by atoms with van der Waals surface area (Å²) in [5.74, 6) is 0.300. The van der Waals surface area contributed by atoms with Gasteiger partial charge in [0.15, 0.2) is 6.10 Å². The molecule has 1 unspecified atom stereocenters. The average Bonchev–Trinajstić information content (AvgIpc) is 2.61. The molecular formula is C19H17N3O2. The van der Waals surface area contributed by atoms with Crippen LogP contribution in [0.1, 0.15) is 23.6 Å². The van der Waals surface area contributed by atoms with Crippen molar-refractivity contribution in [1.82, 2.24) is 4.90 Å². The van der Waals surface area contributed by atoms with Crippen LogP contribution >= 0.6 is 0 Å². The smallest absolute Gasteiger partial charge is 0.263 e. The minimum absolute atomic E-state index is 0.181. The molecule has 0 aliphatic rings. The Balaban J connectivity index is 2.01. The van der Waals surface area contributed by atoms with Crippen molar-refractivity contribution in [2.45, 2.75) is 19.6 Å². The molecule has 0 radical (unpaired) electrons. The number of hydrogen-bond donors (Lipinski definition) is 0. The largest absolute Gasteiger partial charge is 0.481 e. The first-order valence-electron chi connectivity index (χ1n) is 7.44. The molecule has 0 heterocycles. The Morgan fingerprint density at radius 3 is 2.42 bits per heavy atom. The fraction of sp³-hybridized carbons (Fsp3) is 0.211. The molecule has 0 fully saturated rings. The maximum Gasteiger partial charge on any atom is 0.263 e. The van der Waals surface area contributed by atoms with Crippen LogP contribution in [0.15, 0.2) is 48.5 Å².